The van der Waals surface area contributed by atoms with Crippen molar-refractivity contribution in [3.05, 3.63) is 54.1 Å². The standard InChI is InChI=1S/C41H52FN5O4Si/c1-24(2)52(25(3)4,26(5)6)17-15-27-12-11-13-28-18-29(50-23-49-10)19-30(35(27)28)37-36(42)38-31(20-44-37)39(32(43)21-45-38)47-22-34-33(47)14-16-46(34)40(48)51-41(7,8)9/h11-13,18-21,24-26,33-34H,14,16,22-23,43H2,1-10H3/t33-,34-/m1/s1. The first-order chi connectivity index (χ1) is 24.6. The van der Waals surface area contributed by atoms with Gasteiger partial charge in [-0.2, -0.15) is 0 Å². The highest BCUT2D eigenvalue weighted by Gasteiger charge is 2.50. The zero-order valence-corrected chi connectivity index (χ0v) is 33.1. The number of fused-ring (bicyclic) bond motifs is 3. The number of carbonyl (C=O) groups excluding carboxylic acids is 1. The molecule has 2 aliphatic heterocycles. The minimum atomic E-state index is -2.07. The van der Waals surface area contributed by atoms with Gasteiger partial charge in [0.15, 0.2) is 12.6 Å². The topological polar surface area (TPSA) is 103 Å². The summed E-state index contributed by atoms with van der Waals surface area (Å²) in [6, 6.07) is 9.73. The monoisotopic (exact) mass is 725 g/mol. The summed E-state index contributed by atoms with van der Waals surface area (Å²) in [5.74, 6) is 3.59. The number of nitrogens with zero attached hydrogens (tertiary/aromatic N) is 4. The Kier molecular flexibility index (Phi) is 10.2. The van der Waals surface area contributed by atoms with Crippen molar-refractivity contribution < 1.29 is 23.4 Å². The minimum Gasteiger partial charge on any atom is -0.468 e. The molecule has 1 amide bonds. The molecule has 276 valence electrons. The van der Waals surface area contributed by atoms with E-state index in [1.165, 1.54) is 6.20 Å². The number of hydrogen-bond donors (Lipinski definition) is 1. The van der Waals surface area contributed by atoms with Crippen LogP contribution in [-0.2, 0) is 9.47 Å². The smallest absolute Gasteiger partial charge is 0.410 e. The first-order valence-electron chi connectivity index (χ1n) is 18.3. The summed E-state index contributed by atoms with van der Waals surface area (Å²) < 4.78 is 33.8. The van der Waals surface area contributed by atoms with E-state index in [4.69, 9.17) is 24.9 Å². The molecule has 0 saturated carbocycles. The molecule has 0 bridgehead atoms. The Bertz CT molecular complexity index is 2050. The molecular formula is C41H52FN5O4Si. The zero-order valence-electron chi connectivity index (χ0n) is 32.1. The Morgan fingerprint density at radius 3 is 2.42 bits per heavy atom. The fourth-order valence-corrected chi connectivity index (χ4v) is 13.8. The van der Waals surface area contributed by atoms with Gasteiger partial charge in [0.05, 0.1) is 29.7 Å². The number of rotatable bonds is 8. The van der Waals surface area contributed by atoms with Crippen LogP contribution in [0.15, 0.2) is 42.7 Å². The molecule has 0 radical (unpaired) electrons. The van der Waals surface area contributed by atoms with Crippen molar-refractivity contribution in [3.8, 4) is 28.5 Å². The van der Waals surface area contributed by atoms with E-state index >= 15 is 4.39 Å². The number of benzene rings is 2. The van der Waals surface area contributed by atoms with Crippen LogP contribution in [0, 0.1) is 17.3 Å². The number of ether oxygens (including phenoxy) is 3. The molecule has 4 heterocycles. The van der Waals surface area contributed by atoms with Crippen LogP contribution in [0.1, 0.15) is 74.3 Å². The van der Waals surface area contributed by atoms with E-state index in [2.05, 4.69) is 62.9 Å². The van der Waals surface area contributed by atoms with Crippen LogP contribution in [0.5, 0.6) is 5.75 Å². The van der Waals surface area contributed by atoms with Gasteiger partial charge in [-0.15, -0.1) is 5.54 Å². The highest BCUT2D eigenvalue weighted by Crippen LogP contribution is 2.45. The van der Waals surface area contributed by atoms with Gasteiger partial charge in [0.2, 0.25) is 0 Å². The average molecular weight is 726 g/mol. The Morgan fingerprint density at radius 2 is 1.77 bits per heavy atom. The zero-order chi connectivity index (χ0) is 37.7. The normalized spacial score (nSPS) is 17.5. The number of aromatic nitrogens is 2. The third-order valence-corrected chi connectivity index (χ3v) is 17.2. The van der Waals surface area contributed by atoms with Gasteiger partial charge in [-0.25, -0.2) is 9.18 Å². The van der Waals surface area contributed by atoms with Gasteiger partial charge in [0, 0.05) is 48.3 Å². The molecule has 2 atom stereocenters. The highest BCUT2D eigenvalue weighted by molar-refractivity contribution is 6.90. The third kappa shape index (κ3) is 6.56. The molecular weight excluding hydrogens is 674 g/mol. The number of halogens is 1. The van der Waals surface area contributed by atoms with Crippen molar-refractivity contribution >= 4 is 47.2 Å². The minimum absolute atomic E-state index is 0.0147. The van der Waals surface area contributed by atoms with Crippen molar-refractivity contribution in [2.24, 2.45) is 0 Å². The van der Waals surface area contributed by atoms with E-state index in [0.717, 1.165) is 22.8 Å². The maximum Gasteiger partial charge on any atom is 0.410 e. The Hall–Kier alpha value is -4.40. The quantitative estimate of drug-likeness (QED) is 0.109. The molecule has 2 aromatic heterocycles. The summed E-state index contributed by atoms with van der Waals surface area (Å²) in [6.07, 6.45) is 3.61. The number of amides is 1. The SMILES string of the molecule is COCOc1cc(-c2ncc3c(N4C[C@@H]5[C@H]4CCN5C(=O)OC(C)(C)C)c(N)cnc3c2F)c2c(C#C[Si](C(C)C)(C(C)C)C(C)C)cccc2c1. The van der Waals surface area contributed by atoms with Crippen molar-refractivity contribution in [1.29, 1.82) is 0 Å². The lowest BCUT2D eigenvalue weighted by Crippen LogP contribution is -2.63. The van der Waals surface area contributed by atoms with Gasteiger partial charge in [-0.3, -0.25) is 9.97 Å². The number of pyridine rings is 2. The fourth-order valence-electron chi connectivity index (χ4n) is 8.57. The second kappa shape index (κ2) is 14.2. The van der Waals surface area contributed by atoms with Gasteiger partial charge < -0.3 is 29.7 Å². The lowest BCUT2D eigenvalue weighted by Gasteiger charge is -2.48. The molecule has 0 unspecified atom stereocenters. The van der Waals surface area contributed by atoms with Crippen LogP contribution >= 0.6 is 0 Å². The second-order valence-corrected chi connectivity index (χ2v) is 21.6. The van der Waals surface area contributed by atoms with Crippen LogP contribution in [0.25, 0.3) is 32.9 Å². The van der Waals surface area contributed by atoms with E-state index in [-0.39, 0.29) is 36.2 Å². The van der Waals surface area contributed by atoms with Gasteiger partial charge in [0.25, 0.3) is 0 Å². The lowest BCUT2D eigenvalue weighted by molar-refractivity contribution is 0.0194. The largest absolute Gasteiger partial charge is 0.468 e. The van der Waals surface area contributed by atoms with Crippen molar-refractivity contribution in [3.63, 3.8) is 0 Å². The van der Waals surface area contributed by atoms with E-state index in [9.17, 15) is 4.79 Å². The number of nitrogen functional groups attached to an aromatic ring is 1. The molecule has 9 nitrogen and oxygen atoms in total. The first kappa shape index (κ1) is 37.4. The van der Waals surface area contributed by atoms with Gasteiger partial charge >= 0.3 is 6.09 Å². The van der Waals surface area contributed by atoms with Crippen molar-refractivity contribution in [1.82, 2.24) is 14.9 Å². The fraction of sp³-hybridized carbons (Fsp3) is 0.488. The number of nitrogens with two attached hydrogens (primary N) is 1. The molecule has 0 spiro atoms. The van der Waals surface area contributed by atoms with Crippen LogP contribution in [-0.4, -0.2) is 73.7 Å². The summed E-state index contributed by atoms with van der Waals surface area (Å²) in [7, 11) is -0.509. The summed E-state index contributed by atoms with van der Waals surface area (Å²) in [4.78, 5) is 26.2. The molecule has 52 heavy (non-hydrogen) atoms. The predicted octanol–water partition coefficient (Wildman–Crippen LogP) is 8.92. The molecule has 0 aliphatic carbocycles. The van der Waals surface area contributed by atoms with Crippen LogP contribution in [0.2, 0.25) is 16.6 Å². The second-order valence-electron chi connectivity index (χ2n) is 16.1. The predicted molar refractivity (Wildman–Crippen MR) is 210 cm³/mol. The van der Waals surface area contributed by atoms with E-state index < -0.39 is 19.5 Å². The Balaban J connectivity index is 1.46. The van der Waals surface area contributed by atoms with Crippen LogP contribution in [0.4, 0.5) is 20.6 Å². The number of hydrogen-bond acceptors (Lipinski definition) is 8. The summed E-state index contributed by atoms with van der Waals surface area (Å²) in [5.41, 5.74) is 14.0. The van der Waals surface area contributed by atoms with Gasteiger partial charge in [-0.05, 0) is 67.4 Å². The Labute approximate surface area is 308 Å². The van der Waals surface area contributed by atoms with Gasteiger partial charge in [-0.1, -0.05) is 59.6 Å². The Morgan fingerprint density at radius 1 is 1.06 bits per heavy atom. The number of carbonyl (C=O) groups is 1. The molecule has 2 N–H and O–H groups in total. The molecule has 2 aromatic carbocycles. The molecule has 2 saturated heterocycles. The number of anilines is 2. The van der Waals surface area contributed by atoms with Crippen LogP contribution < -0.4 is 15.4 Å². The highest BCUT2D eigenvalue weighted by atomic mass is 28.3. The van der Waals surface area contributed by atoms with Gasteiger partial charge in [0.1, 0.15) is 30.6 Å². The maximum atomic E-state index is 17.0. The number of likely N-dealkylation sites (tertiary alicyclic amines) is 1. The molecule has 2 aliphatic rings. The van der Waals surface area contributed by atoms with E-state index in [0.29, 0.717) is 57.8 Å². The molecule has 2 fully saturated rings. The maximum absolute atomic E-state index is 17.0. The molecule has 11 heteroatoms. The van der Waals surface area contributed by atoms with E-state index in [1.807, 2.05) is 51.1 Å². The number of methoxy groups -OCH3 is 1. The average Bonchev–Trinajstić information content (AvgIpc) is 3.39. The third-order valence-electron chi connectivity index (χ3n) is 10.9. The van der Waals surface area contributed by atoms with Crippen molar-refractivity contribution in [2.75, 3.05) is 37.6 Å². The molecule has 6 rings (SSSR count). The molecule has 4 aromatic rings. The summed E-state index contributed by atoms with van der Waals surface area (Å²) in [5, 5.41) is 2.18. The summed E-state index contributed by atoms with van der Waals surface area (Å²) >= 11 is 0. The van der Waals surface area contributed by atoms with Crippen molar-refractivity contribution in [2.45, 2.75) is 103 Å². The van der Waals surface area contributed by atoms with E-state index in [1.54, 1.807) is 18.2 Å². The van der Waals surface area contributed by atoms with Crippen LogP contribution in [0.3, 0.4) is 0 Å². The first-order valence-corrected chi connectivity index (χ1v) is 20.5. The summed E-state index contributed by atoms with van der Waals surface area (Å²) in [6.45, 7) is 20.5. The lowest BCUT2D eigenvalue weighted by atomic mass is 9.94.